The summed E-state index contributed by atoms with van der Waals surface area (Å²) in [4.78, 5) is 29.6. The number of likely N-dealkylation sites (tertiary alicyclic amines) is 2. The van der Waals surface area contributed by atoms with Gasteiger partial charge in [-0.05, 0) is 55.1 Å². The molecule has 4 rings (SSSR count). The normalized spacial score (nSPS) is 23.9. The molecule has 2 aromatic carbocycles. The fraction of sp³-hybridized carbons (Fsp3) is 0.458. The van der Waals surface area contributed by atoms with Crippen LogP contribution in [0.25, 0.3) is 10.8 Å². The highest BCUT2D eigenvalue weighted by molar-refractivity contribution is 5.93. The zero-order valence-corrected chi connectivity index (χ0v) is 18.0. The molecule has 2 heterocycles. The molecule has 0 aromatic heterocycles. The molecule has 0 radical (unpaired) electrons. The first-order valence-electron chi connectivity index (χ1n) is 10.8. The summed E-state index contributed by atoms with van der Waals surface area (Å²) < 4.78 is 5.56. The maximum absolute atomic E-state index is 13.2. The summed E-state index contributed by atoms with van der Waals surface area (Å²) in [6.07, 6.45) is 0.135. The molecule has 2 unspecified atom stereocenters. The van der Waals surface area contributed by atoms with Crippen molar-refractivity contribution in [2.75, 3.05) is 32.0 Å². The van der Waals surface area contributed by atoms with Crippen LogP contribution in [0.3, 0.4) is 0 Å². The van der Waals surface area contributed by atoms with Crippen LogP contribution in [0.1, 0.15) is 26.2 Å². The Hall–Kier alpha value is -3.11. The number of nitriles is 1. The number of anilines is 1. The molecule has 2 fully saturated rings. The number of carbonyl (C=O) groups is 2. The molecule has 0 spiro atoms. The van der Waals surface area contributed by atoms with Crippen molar-refractivity contribution in [3.05, 3.63) is 42.5 Å². The van der Waals surface area contributed by atoms with Gasteiger partial charge in [0.2, 0.25) is 0 Å². The lowest BCUT2D eigenvalue weighted by Gasteiger charge is -2.47. The van der Waals surface area contributed by atoms with E-state index in [1.165, 1.54) is 0 Å². The van der Waals surface area contributed by atoms with Crippen LogP contribution in [0, 0.1) is 17.2 Å². The Kier molecular flexibility index (Phi) is 5.84. The van der Waals surface area contributed by atoms with Gasteiger partial charge in [0.05, 0.1) is 6.07 Å². The number of piperidine rings is 2. The van der Waals surface area contributed by atoms with Crippen molar-refractivity contribution < 1.29 is 14.3 Å². The van der Waals surface area contributed by atoms with Crippen molar-refractivity contribution in [2.24, 2.45) is 5.92 Å². The molecule has 7 heteroatoms. The highest BCUT2D eigenvalue weighted by Gasteiger charge is 2.47. The van der Waals surface area contributed by atoms with Gasteiger partial charge in [0.15, 0.2) is 6.10 Å². The second-order valence-corrected chi connectivity index (χ2v) is 8.82. The molecule has 2 aromatic rings. The second-order valence-electron chi connectivity index (χ2n) is 8.82. The van der Waals surface area contributed by atoms with Crippen LogP contribution >= 0.6 is 0 Å². The molecule has 0 aliphatic carbocycles. The molecular formula is C24H28N4O3. The van der Waals surface area contributed by atoms with Gasteiger partial charge in [-0.25, -0.2) is 4.79 Å². The third-order valence-corrected chi connectivity index (χ3v) is 6.44. The van der Waals surface area contributed by atoms with E-state index in [0.29, 0.717) is 31.5 Å². The fourth-order valence-corrected chi connectivity index (χ4v) is 4.57. The summed E-state index contributed by atoms with van der Waals surface area (Å²) in [6, 6.07) is 15.9. The van der Waals surface area contributed by atoms with Crippen LogP contribution in [-0.2, 0) is 9.53 Å². The van der Waals surface area contributed by atoms with E-state index in [4.69, 9.17) is 4.74 Å². The smallest absolute Gasteiger partial charge is 0.412 e. The van der Waals surface area contributed by atoms with Crippen molar-refractivity contribution >= 4 is 28.5 Å². The summed E-state index contributed by atoms with van der Waals surface area (Å²) in [5, 5.41) is 14.8. The average Bonchev–Trinajstić information content (AvgIpc) is 2.77. The molecule has 0 saturated carbocycles. The van der Waals surface area contributed by atoms with E-state index < -0.39 is 17.7 Å². The van der Waals surface area contributed by atoms with Crippen LogP contribution in [0.5, 0.6) is 0 Å². The topological polar surface area (TPSA) is 85.7 Å². The monoisotopic (exact) mass is 420 g/mol. The third kappa shape index (κ3) is 4.35. The van der Waals surface area contributed by atoms with E-state index in [0.717, 1.165) is 23.9 Å². The van der Waals surface area contributed by atoms with E-state index in [1.807, 2.05) is 56.4 Å². The quantitative estimate of drug-likeness (QED) is 0.820. The van der Waals surface area contributed by atoms with Gasteiger partial charge >= 0.3 is 6.09 Å². The molecule has 2 aliphatic rings. The molecule has 0 bridgehead atoms. The molecule has 2 saturated heterocycles. The molecule has 162 valence electrons. The van der Waals surface area contributed by atoms with E-state index >= 15 is 0 Å². The number of fused-ring (bicyclic) bond motifs is 1. The summed E-state index contributed by atoms with van der Waals surface area (Å²) in [7, 11) is 2.02. The maximum atomic E-state index is 13.2. The van der Waals surface area contributed by atoms with Crippen molar-refractivity contribution in [1.29, 1.82) is 5.26 Å². The molecule has 2 amide bonds. The van der Waals surface area contributed by atoms with Crippen LogP contribution in [0.15, 0.2) is 42.5 Å². The Bertz CT molecular complexity index is 1020. The third-order valence-electron chi connectivity index (χ3n) is 6.44. The van der Waals surface area contributed by atoms with Crippen molar-refractivity contribution in [1.82, 2.24) is 9.80 Å². The number of ether oxygens (including phenoxy) is 1. The van der Waals surface area contributed by atoms with Crippen molar-refractivity contribution in [3.8, 4) is 6.07 Å². The zero-order valence-electron chi connectivity index (χ0n) is 18.0. The number of rotatable bonds is 3. The second kappa shape index (κ2) is 8.56. The minimum atomic E-state index is -0.880. The van der Waals surface area contributed by atoms with E-state index in [2.05, 4.69) is 16.3 Å². The standard InChI is InChI=1S/C24H28N4O3/c1-17-13-21(22(29)28(15-17)24(16-25)9-11-27(2)12-10-24)31-23(30)26-20-8-7-18-5-3-4-6-19(18)14-20/h3-8,14,17,21H,9-13,15H2,1-2H3,(H,26,30). The van der Waals surface area contributed by atoms with Gasteiger partial charge in [0.1, 0.15) is 5.54 Å². The lowest BCUT2D eigenvalue weighted by molar-refractivity contribution is -0.153. The van der Waals surface area contributed by atoms with Crippen LogP contribution in [-0.4, -0.2) is 60.1 Å². The number of nitrogens with zero attached hydrogens (tertiary/aromatic N) is 3. The Labute approximate surface area is 182 Å². The minimum Gasteiger partial charge on any atom is -0.436 e. The highest BCUT2D eigenvalue weighted by Crippen LogP contribution is 2.34. The van der Waals surface area contributed by atoms with E-state index in [9.17, 15) is 14.9 Å². The Balaban J connectivity index is 1.46. The Morgan fingerprint density at radius 1 is 1.19 bits per heavy atom. The lowest BCUT2D eigenvalue weighted by atomic mass is 9.83. The average molecular weight is 421 g/mol. The predicted molar refractivity (Wildman–Crippen MR) is 118 cm³/mol. The lowest BCUT2D eigenvalue weighted by Crippen LogP contribution is -2.62. The molecular weight excluding hydrogens is 392 g/mol. The van der Waals surface area contributed by atoms with Gasteiger partial charge in [0.25, 0.3) is 5.91 Å². The van der Waals surface area contributed by atoms with Gasteiger partial charge in [-0.3, -0.25) is 10.1 Å². The fourth-order valence-electron chi connectivity index (χ4n) is 4.57. The van der Waals surface area contributed by atoms with Gasteiger partial charge in [-0.15, -0.1) is 0 Å². The van der Waals surface area contributed by atoms with Gasteiger partial charge < -0.3 is 14.5 Å². The van der Waals surface area contributed by atoms with Gasteiger partial charge in [-0.1, -0.05) is 37.3 Å². The first-order valence-corrected chi connectivity index (χ1v) is 10.8. The Morgan fingerprint density at radius 2 is 1.90 bits per heavy atom. The van der Waals surface area contributed by atoms with Gasteiger partial charge in [0, 0.05) is 25.3 Å². The van der Waals surface area contributed by atoms with Crippen LogP contribution in [0.2, 0.25) is 0 Å². The summed E-state index contributed by atoms with van der Waals surface area (Å²) in [6.45, 7) is 4.07. The maximum Gasteiger partial charge on any atom is 0.412 e. The summed E-state index contributed by atoms with van der Waals surface area (Å²) in [5.41, 5.74) is -0.213. The largest absolute Gasteiger partial charge is 0.436 e. The van der Waals surface area contributed by atoms with Crippen LogP contribution < -0.4 is 5.32 Å². The van der Waals surface area contributed by atoms with E-state index in [1.54, 1.807) is 4.90 Å². The van der Waals surface area contributed by atoms with Crippen LogP contribution in [0.4, 0.5) is 10.5 Å². The number of amides is 2. The van der Waals surface area contributed by atoms with E-state index in [-0.39, 0.29) is 11.8 Å². The predicted octanol–water partition coefficient (Wildman–Crippen LogP) is 3.61. The minimum absolute atomic E-state index is 0.140. The summed E-state index contributed by atoms with van der Waals surface area (Å²) >= 11 is 0. The summed E-state index contributed by atoms with van der Waals surface area (Å²) in [5.74, 6) is -0.126. The molecule has 1 N–H and O–H groups in total. The van der Waals surface area contributed by atoms with Crippen molar-refractivity contribution in [3.63, 3.8) is 0 Å². The number of benzene rings is 2. The number of carbonyl (C=O) groups excluding carboxylic acids is 2. The van der Waals surface area contributed by atoms with Gasteiger partial charge in [-0.2, -0.15) is 5.26 Å². The number of nitrogens with one attached hydrogen (secondary N) is 1. The first kappa shape index (κ1) is 21.1. The number of hydrogen-bond acceptors (Lipinski definition) is 5. The van der Waals surface area contributed by atoms with Crippen molar-refractivity contribution in [2.45, 2.75) is 37.8 Å². The molecule has 31 heavy (non-hydrogen) atoms. The molecule has 2 aliphatic heterocycles. The Morgan fingerprint density at radius 3 is 2.61 bits per heavy atom. The zero-order chi connectivity index (χ0) is 22.0. The molecule has 2 atom stereocenters. The molecule has 7 nitrogen and oxygen atoms in total. The SMILES string of the molecule is CC1CC(OC(=O)Nc2ccc3ccccc3c2)C(=O)N(C2(C#N)CCN(C)CC2)C1. The highest BCUT2D eigenvalue weighted by atomic mass is 16.6. The number of hydrogen-bond donors (Lipinski definition) is 1. The first-order chi connectivity index (χ1) is 14.9.